The topological polar surface area (TPSA) is 67.9 Å². The highest BCUT2D eigenvalue weighted by Gasteiger charge is 2.32. The smallest absolute Gasteiger partial charge is 0.253 e. The lowest BCUT2D eigenvalue weighted by Gasteiger charge is -2.33. The molecule has 6 nitrogen and oxygen atoms in total. The number of hydrogen-bond donors (Lipinski definition) is 1. The standard InChI is InChI=1S/C16H20N2O4/c1-21-13-4-2-3-12(7-13)18-9-14(22-10-15(18)19)8-17-16(20)11-5-6-11/h2-4,7,11,14H,5-6,8-10H2,1H3,(H,17,20). The lowest BCUT2D eigenvalue weighted by molar-refractivity contribution is -0.129. The van der Waals surface area contributed by atoms with Crippen molar-refractivity contribution in [1.82, 2.24) is 5.32 Å². The second-order valence-corrected chi connectivity index (χ2v) is 5.66. The molecule has 1 N–H and O–H groups in total. The molecule has 1 atom stereocenters. The highest BCUT2D eigenvalue weighted by molar-refractivity contribution is 5.95. The van der Waals surface area contributed by atoms with Gasteiger partial charge in [0.15, 0.2) is 0 Å². The van der Waals surface area contributed by atoms with Gasteiger partial charge in [-0.1, -0.05) is 6.07 Å². The van der Waals surface area contributed by atoms with E-state index in [-0.39, 0.29) is 30.4 Å². The maximum Gasteiger partial charge on any atom is 0.253 e. The number of methoxy groups -OCH3 is 1. The molecule has 1 aromatic carbocycles. The summed E-state index contributed by atoms with van der Waals surface area (Å²) < 4.78 is 10.7. The van der Waals surface area contributed by atoms with E-state index in [0.717, 1.165) is 18.5 Å². The van der Waals surface area contributed by atoms with Crippen LogP contribution in [-0.4, -0.2) is 44.7 Å². The summed E-state index contributed by atoms with van der Waals surface area (Å²) in [6.45, 7) is 0.890. The molecular formula is C16H20N2O4. The molecule has 1 aliphatic heterocycles. The third-order valence-corrected chi connectivity index (χ3v) is 3.95. The molecule has 0 radical (unpaired) electrons. The number of ether oxygens (including phenoxy) is 2. The lowest BCUT2D eigenvalue weighted by atomic mass is 10.2. The Hall–Kier alpha value is -2.08. The molecule has 2 fully saturated rings. The van der Waals surface area contributed by atoms with E-state index >= 15 is 0 Å². The molecule has 1 saturated heterocycles. The van der Waals surface area contributed by atoms with Crippen molar-refractivity contribution in [1.29, 1.82) is 0 Å². The Morgan fingerprint density at radius 3 is 3.00 bits per heavy atom. The van der Waals surface area contributed by atoms with Crippen molar-refractivity contribution in [3.63, 3.8) is 0 Å². The van der Waals surface area contributed by atoms with Crippen LogP contribution in [0.3, 0.4) is 0 Å². The monoisotopic (exact) mass is 304 g/mol. The minimum atomic E-state index is -0.188. The molecule has 1 saturated carbocycles. The molecule has 1 aromatic rings. The zero-order valence-electron chi connectivity index (χ0n) is 12.6. The van der Waals surface area contributed by atoms with Gasteiger partial charge in [-0.3, -0.25) is 9.59 Å². The predicted octanol–water partition coefficient (Wildman–Crippen LogP) is 0.953. The van der Waals surface area contributed by atoms with Crippen LogP contribution in [0.4, 0.5) is 5.69 Å². The molecule has 6 heteroatoms. The fourth-order valence-electron chi connectivity index (χ4n) is 2.48. The van der Waals surface area contributed by atoms with Gasteiger partial charge in [-0.25, -0.2) is 0 Å². The Kier molecular flexibility index (Phi) is 4.29. The Morgan fingerprint density at radius 2 is 2.27 bits per heavy atom. The van der Waals surface area contributed by atoms with E-state index in [4.69, 9.17) is 9.47 Å². The first-order chi connectivity index (χ1) is 10.7. The Morgan fingerprint density at radius 1 is 1.45 bits per heavy atom. The summed E-state index contributed by atoms with van der Waals surface area (Å²) in [4.78, 5) is 25.4. The number of nitrogens with zero attached hydrogens (tertiary/aromatic N) is 1. The van der Waals surface area contributed by atoms with Crippen molar-refractivity contribution >= 4 is 17.5 Å². The van der Waals surface area contributed by atoms with Crippen molar-refractivity contribution in [3.8, 4) is 5.75 Å². The highest BCUT2D eigenvalue weighted by atomic mass is 16.5. The summed E-state index contributed by atoms with van der Waals surface area (Å²) in [5.74, 6) is 0.890. The van der Waals surface area contributed by atoms with Gasteiger partial charge in [0.2, 0.25) is 5.91 Å². The van der Waals surface area contributed by atoms with Crippen LogP contribution >= 0.6 is 0 Å². The Bertz CT molecular complexity index is 571. The van der Waals surface area contributed by atoms with Crippen LogP contribution < -0.4 is 15.0 Å². The van der Waals surface area contributed by atoms with Gasteiger partial charge in [-0.15, -0.1) is 0 Å². The van der Waals surface area contributed by atoms with Crippen molar-refractivity contribution < 1.29 is 19.1 Å². The number of carbonyl (C=O) groups excluding carboxylic acids is 2. The molecule has 2 aliphatic rings. The van der Waals surface area contributed by atoms with Crippen molar-refractivity contribution in [2.75, 3.05) is 31.7 Å². The van der Waals surface area contributed by atoms with Gasteiger partial charge in [0.1, 0.15) is 12.4 Å². The van der Waals surface area contributed by atoms with E-state index in [1.807, 2.05) is 24.3 Å². The maximum atomic E-state index is 12.1. The summed E-state index contributed by atoms with van der Waals surface area (Å²) in [5, 5.41) is 2.90. The van der Waals surface area contributed by atoms with E-state index in [9.17, 15) is 9.59 Å². The second-order valence-electron chi connectivity index (χ2n) is 5.66. The van der Waals surface area contributed by atoms with Crippen LogP contribution in [0.5, 0.6) is 5.75 Å². The number of benzene rings is 1. The van der Waals surface area contributed by atoms with Crippen LogP contribution in [0.15, 0.2) is 24.3 Å². The predicted molar refractivity (Wildman–Crippen MR) is 80.8 cm³/mol. The third kappa shape index (κ3) is 3.39. The number of carbonyl (C=O) groups is 2. The molecule has 0 spiro atoms. The zero-order chi connectivity index (χ0) is 15.5. The molecule has 1 heterocycles. The number of anilines is 1. The van der Waals surface area contributed by atoms with E-state index < -0.39 is 0 Å². The van der Waals surface area contributed by atoms with Crippen LogP contribution in [0.1, 0.15) is 12.8 Å². The molecule has 3 rings (SSSR count). The molecule has 118 valence electrons. The van der Waals surface area contributed by atoms with E-state index in [1.54, 1.807) is 12.0 Å². The van der Waals surface area contributed by atoms with E-state index in [2.05, 4.69) is 5.32 Å². The largest absolute Gasteiger partial charge is 0.497 e. The van der Waals surface area contributed by atoms with Gasteiger partial charge in [-0.2, -0.15) is 0 Å². The van der Waals surface area contributed by atoms with Crippen LogP contribution in [0, 0.1) is 5.92 Å². The number of rotatable bonds is 5. The average Bonchev–Trinajstić information content (AvgIpc) is 3.39. The van der Waals surface area contributed by atoms with Gasteiger partial charge in [0.05, 0.1) is 19.8 Å². The number of nitrogens with one attached hydrogen (secondary N) is 1. The van der Waals surface area contributed by atoms with E-state index in [0.29, 0.717) is 18.8 Å². The second kappa shape index (κ2) is 6.36. The van der Waals surface area contributed by atoms with E-state index in [1.165, 1.54) is 0 Å². The summed E-state index contributed by atoms with van der Waals surface area (Å²) in [6, 6.07) is 7.37. The Balaban J connectivity index is 1.62. The molecule has 0 bridgehead atoms. The van der Waals surface area contributed by atoms with Gasteiger partial charge in [-0.05, 0) is 25.0 Å². The summed E-state index contributed by atoms with van der Waals surface area (Å²) in [5.41, 5.74) is 0.783. The molecule has 1 aliphatic carbocycles. The van der Waals surface area contributed by atoms with Crippen molar-refractivity contribution in [2.45, 2.75) is 18.9 Å². The maximum absolute atomic E-state index is 12.1. The lowest BCUT2D eigenvalue weighted by Crippen LogP contribution is -2.50. The highest BCUT2D eigenvalue weighted by Crippen LogP contribution is 2.29. The fraction of sp³-hybridized carbons (Fsp3) is 0.500. The fourth-order valence-corrected chi connectivity index (χ4v) is 2.48. The van der Waals surface area contributed by atoms with Gasteiger partial charge in [0.25, 0.3) is 5.91 Å². The van der Waals surface area contributed by atoms with Crippen LogP contribution in [-0.2, 0) is 14.3 Å². The SMILES string of the molecule is COc1cccc(N2CC(CNC(=O)C3CC3)OCC2=O)c1. The quantitative estimate of drug-likeness (QED) is 0.879. The van der Waals surface area contributed by atoms with Gasteiger partial charge in [0, 0.05) is 24.2 Å². The Labute approximate surface area is 129 Å². The molecule has 22 heavy (non-hydrogen) atoms. The number of amides is 2. The molecule has 0 aromatic heterocycles. The summed E-state index contributed by atoms with van der Waals surface area (Å²) >= 11 is 0. The van der Waals surface area contributed by atoms with Crippen LogP contribution in [0.2, 0.25) is 0 Å². The van der Waals surface area contributed by atoms with Gasteiger partial charge < -0.3 is 19.7 Å². The average molecular weight is 304 g/mol. The van der Waals surface area contributed by atoms with Crippen LogP contribution in [0.25, 0.3) is 0 Å². The molecule has 1 unspecified atom stereocenters. The summed E-state index contributed by atoms with van der Waals surface area (Å²) in [7, 11) is 1.59. The normalized spacial score (nSPS) is 21.6. The first-order valence-electron chi connectivity index (χ1n) is 7.51. The number of hydrogen-bond acceptors (Lipinski definition) is 4. The first kappa shape index (κ1) is 14.8. The third-order valence-electron chi connectivity index (χ3n) is 3.95. The molecule has 2 amide bonds. The van der Waals surface area contributed by atoms with Gasteiger partial charge >= 0.3 is 0 Å². The first-order valence-corrected chi connectivity index (χ1v) is 7.51. The zero-order valence-corrected chi connectivity index (χ0v) is 12.6. The molecular weight excluding hydrogens is 284 g/mol. The summed E-state index contributed by atoms with van der Waals surface area (Å²) in [6.07, 6.45) is 1.77. The van der Waals surface area contributed by atoms with Crippen molar-refractivity contribution in [3.05, 3.63) is 24.3 Å². The minimum Gasteiger partial charge on any atom is -0.497 e. The minimum absolute atomic E-state index is 0.0289. The number of morpholine rings is 1. The van der Waals surface area contributed by atoms with Crippen molar-refractivity contribution in [2.24, 2.45) is 5.92 Å².